The van der Waals surface area contributed by atoms with E-state index in [1.807, 2.05) is 0 Å². The Kier molecular flexibility index (Phi) is 4.59. The van der Waals surface area contributed by atoms with Gasteiger partial charge in [-0.15, -0.1) is 0 Å². The lowest BCUT2D eigenvalue weighted by Gasteiger charge is -2.27. The van der Waals surface area contributed by atoms with E-state index in [9.17, 15) is 4.39 Å². The fraction of sp³-hybridized carbons (Fsp3) is 0.267. The number of hydrogen-bond donors (Lipinski definition) is 1. The van der Waals surface area contributed by atoms with E-state index < -0.39 is 15.8 Å². The van der Waals surface area contributed by atoms with Gasteiger partial charge >= 0.3 is 0 Å². The van der Waals surface area contributed by atoms with Crippen molar-refractivity contribution in [1.29, 1.82) is 0 Å². The molecule has 2 aromatic heterocycles. The maximum atomic E-state index is 13.4. The van der Waals surface area contributed by atoms with Crippen LogP contribution in [0.4, 0.5) is 10.2 Å². The molecule has 3 rings (SSSR count). The number of aromatic nitrogens is 4. The molecule has 0 saturated heterocycles. The minimum atomic E-state index is -0.832. The van der Waals surface area contributed by atoms with E-state index in [0.717, 1.165) is 5.88 Å². The number of rotatable bonds is 4. The molecule has 0 spiro atoms. The molecule has 1 aromatic carbocycles. The van der Waals surface area contributed by atoms with E-state index in [1.54, 1.807) is 10.6 Å². The summed E-state index contributed by atoms with van der Waals surface area (Å²) in [7, 11) is -0.832. The van der Waals surface area contributed by atoms with Gasteiger partial charge < -0.3 is 5.32 Å². The molecule has 0 amide bonds. The van der Waals surface area contributed by atoms with E-state index in [4.69, 9.17) is 23.2 Å². The molecule has 128 valence electrons. The average molecular weight is 388 g/mol. The van der Waals surface area contributed by atoms with Crippen molar-refractivity contribution in [3.8, 4) is 11.1 Å². The zero-order chi connectivity index (χ0) is 17.5. The van der Waals surface area contributed by atoms with Crippen LogP contribution in [0.3, 0.4) is 0 Å². The molecule has 0 unspecified atom stereocenters. The summed E-state index contributed by atoms with van der Waals surface area (Å²) >= 11 is 12.6. The van der Waals surface area contributed by atoms with Crippen molar-refractivity contribution in [3.63, 3.8) is 0 Å². The first-order valence-corrected chi connectivity index (χ1v) is 10.8. The number of fused-ring (bicyclic) bond motifs is 1. The Morgan fingerprint density at radius 2 is 2.00 bits per heavy atom. The van der Waals surface area contributed by atoms with E-state index in [0.29, 0.717) is 22.7 Å². The van der Waals surface area contributed by atoms with Crippen LogP contribution >= 0.6 is 33.2 Å². The molecule has 24 heavy (non-hydrogen) atoms. The number of halogens is 3. The van der Waals surface area contributed by atoms with Crippen molar-refractivity contribution >= 4 is 44.8 Å². The highest BCUT2D eigenvalue weighted by Gasteiger charge is 2.20. The normalized spacial score (nSPS) is 12.6. The van der Waals surface area contributed by atoms with Crippen LogP contribution in [-0.4, -0.2) is 44.2 Å². The third kappa shape index (κ3) is 3.43. The molecule has 0 bridgehead atoms. The van der Waals surface area contributed by atoms with Crippen LogP contribution in [0.25, 0.3) is 16.9 Å². The maximum absolute atomic E-state index is 13.4. The van der Waals surface area contributed by atoms with Gasteiger partial charge in [-0.05, 0) is 37.0 Å². The molecular weight excluding hydrogens is 372 g/mol. The third-order valence-corrected chi connectivity index (χ3v) is 4.85. The first kappa shape index (κ1) is 17.3. The molecule has 0 fully saturated rings. The zero-order valence-corrected chi connectivity index (χ0v) is 15.7. The Morgan fingerprint density at radius 1 is 1.25 bits per heavy atom. The Balaban J connectivity index is 2.23. The first-order chi connectivity index (χ1) is 11.3. The van der Waals surface area contributed by atoms with Crippen LogP contribution in [0.15, 0.2) is 24.5 Å². The summed E-state index contributed by atoms with van der Waals surface area (Å²) in [6.07, 6.45) is 7.97. The largest absolute Gasteiger partial charge is 0.362 e. The zero-order valence-electron chi connectivity index (χ0n) is 13.3. The summed E-state index contributed by atoms with van der Waals surface area (Å²) in [4.78, 5) is 8.34. The third-order valence-electron chi connectivity index (χ3n) is 3.26. The van der Waals surface area contributed by atoms with Crippen LogP contribution in [0, 0.1) is 5.82 Å². The second-order valence-electron chi connectivity index (χ2n) is 6.13. The van der Waals surface area contributed by atoms with Crippen LogP contribution in [0.2, 0.25) is 10.2 Å². The van der Waals surface area contributed by atoms with Crippen molar-refractivity contribution in [2.24, 2.45) is 0 Å². The van der Waals surface area contributed by atoms with E-state index in [2.05, 4.69) is 39.2 Å². The van der Waals surface area contributed by atoms with Gasteiger partial charge in [0.15, 0.2) is 0 Å². The SMILES string of the molecule is CS(C)(C)CNc1c(-c2ccc(F)cc2Cl)c(Cl)nc2ncnn12. The molecule has 0 saturated carbocycles. The highest BCUT2D eigenvalue weighted by atomic mass is 35.5. The monoisotopic (exact) mass is 387 g/mol. The predicted molar refractivity (Wildman–Crippen MR) is 100 cm³/mol. The smallest absolute Gasteiger partial charge is 0.255 e. The van der Waals surface area contributed by atoms with Gasteiger partial charge in [-0.2, -0.15) is 19.6 Å². The van der Waals surface area contributed by atoms with Gasteiger partial charge in [0.2, 0.25) is 0 Å². The van der Waals surface area contributed by atoms with Crippen molar-refractivity contribution in [1.82, 2.24) is 19.6 Å². The summed E-state index contributed by atoms with van der Waals surface area (Å²) in [5.74, 6) is 1.35. The summed E-state index contributed by atoms with van der Waals surface area (Å²) in [6, 6.07) is 4.16. The van der Waals surface area contributed by atoms with Gasteiger partial charge in [-0.25, -0.2) is 14.4 Å². The molecule has 9 heteroatoms. The summed E-state index contributed by atoms with van der Waals surface area (Å²) in [5, 5.41) is 8.08. The van der Waals surface area contributed by atoms with Crippen molar-refractivity contribution < 1.29 is 4.39 Å². The lowest BCUT2D eigenvalue weighted by atomic mass is 10.1. The Morgan fingerprint density at radius 3 is 2.67 bits per heavy atom. The summed E-state index contributed by atoms with van der Waals surface area (Å²) < 4.78 is 15.0. The van der Waals surface area contributed by atoms with E-state index in [1.165, 1.54) is 18.5 Å². The van der Waals surface area contributed by atoms with Crippen molar-refractivity contribution in [2.75, 3.05) is 30.0 Å². The van der Waals surface area contributed by atoms with Crippen LogP contribution < -0.4 is 5.32 Å². The maximum Gasteiger partial charge on any atom is 0.255 e. The molecular formula is C15H16Cl2FN5S. The van der Waals surface area contributed by atoms with Crippen molar-refractivity contribution in [2.45, 2.75) is 0 Å². The standard InChI is InChI=1S/C15H16Cl2FN5S/c1-24(2,3)8-20-14-12(10-5-4-9(18)6-11(10)16)13(17)22-15-19-7-21-23(14)15/h4-7,20H,8H2,1-3H3. The van der Waals surface area contributed by atoms with E-state index >= 15 is 0 Å². The molecule has 0 aliphatic carbocycles. The lowest BCUT2D eigenvalue weighted by Crippen LogP contribution is -2.14. The number of nitrogens with one attached hydrogen (secondary N) is 1. The highest BCUT2D eigenvalue weighted by molar-refractivity contribution is 8.32. The van der Waals surface area contributed by atoms with Crippen LogP contribution in [0.1, 0.15) is 0 Å². The second-order valence-corrected chi connectivity index (χ2v) is 11.4. The average Bonchev–Trinajstić information content (AvgIpc) is 2.92. The lowest BCUT2D eigenvalue weighted by molar-refractivity contribution is 0.628. The molecule has 2 heterocycles. The van der Waals surface area contributed by atoms with Crippen LogP contribution in [-0.2, 0) is 0 Å². The Labute approximate surface area is 150 Å². The van der Waals surface area contributed by atoms with Gasteiger partial charge in [0.1, 0.15) is 23.1 Å². The molecule has 5 nitrogen and oxygen atoms in total. The Bertz CT molecular complexity index is 907. The van der Waals surface area contributed by atoms with E-state index in [-0.39, 0.29) is 10.2 Å². The summed E-state index contributed by atoms with van der Waals surface area (Å²) in [5.41, 5.74) is 1.16. The molecule has 0 aliphatic rings. The van der Waals surface area contributed by atoms with Gasteiger partial charge in [0.05, 0.1) is 10.6 Å². The fourth-order valence-corrected chi connectivity index (χ4v) is 3.29. The van der Waals surface area contributed by atoms with Crippen molar-refractivity contribution in [3.05, 3.63) is 40.5 Å². The first-order valence-electron chi connectivity index (χ1n) is 7.01. The molecule has 0 radical (unpaired) electrons. The second kappa shape index (κ2) is 6.38. The van der Waals surface area contributed by atoms with Gasteiger partial charge in [-0.1, -0.05) is 23.2 Å². The van der Waals surface area contributed by atoms with Gasteiger partial charge in [0.25, 0.3) is 5.78 Å². The number of nitrogens with zero attached hydrogens (tertiary/aromatic N) is 4. The van der Waals surface area contributed by atoms with Crippen LogP contribution in [0.5, 0.6) is 0 Å². The molecule has 1 N–H and O–H groups in total. The quantitative estimate of drug-likeness (QED) is 0.677. The minimum Gasteiger partial charge on any atom is -0.362 e. The number of hydrogen-bond acceptors (Lipinski definition) is 4. The minimum absolute atomic E-state index is 0.232. The Hall–Kier alpha value is -1.57. The number of benzene rings is 1. The van der Waals surface area contributed by atoms with Gasteiger partial charge in [-0.3, -0.25) is 0 Å². The fourth-order valence-electron chi connectivity index (χ4n) is 2.20. The molecule has 3 aromatic rings. The molecule has 0 aliphatic heterocycles. The highest BCUT2D eigenvalue weighted by Crippen LogP contribution is 2.40. The number of anilines is 1. The van der Waals surface area contributed by atoms with Gasteiger partial charge in [0, 0.05) is 11.4 Å². The topological polar surface area (TPSA) is 55.1 Å². The molecule has 0 atom stereocenters. The summed E-state index contributed by atoms with van der Waals surface area (Å²) in [6.45, 7) is 0. The predicted octanol–water partition coefficient (Wildman–Crippen LogP) is 4.30.